The van der Waals surface area contributed by atoms with Gasteiger partial charge in [0.2, 0.25) is 0 Å². The van der Waals surface area contributed by atoms with Gasteiger partial charge in [-0.25, -0.2) is 4.39 Å². The zero-order valence-corrected chi connectivity index (χ0v) is 12.1. The average Bonchev–Trinajstić information content (AvgIpc) is 2.30. The van der Waals surface area contributed by atoms with Crippen molar-refractivity contribution in [2.45, 2.75) is 4.83 Å². The van der Waals surface area contributed by atoms with Crippen LogP contribution in [-0.2, 0) is 15.0 Å². The van der Waals surface area contributed by atoms with Crippen molar-refractivity contribution in [3.8, 4) is 0 Å². The SMILES string of the molecule is CN(C)S(=O)(=O)Nc1cc(C(Br)C=O)ccc1F. The lowest BCUT2D eigenvalue weighted by molar-refractivity contribution is -0.107. The molecule has 1 aromatic carbocycles. The molecule has 0 radical (unpaired) electrons. The number of nitrogens with one attached hydrogen (secondary N) is 1. The second-order valence-corrected chi connectivity index (χ2v) is 6.54. The molecule has 1 unspecified atom stereocenters. The largest absolute Gasteiger partial charge is 0.302 e. The van der Waals surface area contributed by atoms with Gasteiger partial charge in [-0.2, -0.15) is 12.7 Å². The second kappa shape index (κ2) is 5.77. The van der Waals surface area contributed by atoms with Crippen molar-refractivity contribution in [3.63, 3.8) is 0 Å². The Bertz CT molecular complexity index is 548. The Morgan fingerprint density at radius 3 is 2.56 bits per heavy atom. The minimum atomic E-state index is -3.78. The number of hydrogen-bond donors (Lipinski definition) is 1. The average molecular weight is 339 g/mol. The number of anilines is 1. The van der Waals surface area contributed by atoms with E-state index in [-0.39, 0.29) is 5.69 Å². The van der Waals surface area contributed by atoms with Gasteiger partial charge in [0.1, 0.15) is 12.1 Å². The number of carbonyl (C=O) groups is 1. The third-order valence-electron chi connectivity index (χ3n) is 2.15. The summed E-state index contributed by atoms with van der Waals surface area (Å²) < 4.78 is 39.6. The smallest absolute Gasteiger partial charge is 0.301 e. The Morgan fingerprint density at radius 1 is 1.44 bits per heavy atom. The minimum absolute atomic E-state index is 0.201. The summed E-state index contributed by atoms with van der Waals surface area (Å²) in [6, 6.07) is 3.77. The molecule has 0 spiro atoms. The molecular weight excluding hydrogens is 327 g/mol. The van der Waals surface area contributed by atoms with Crippen LogP contribution in [0.15, 0.2) is 18.2 Å². The molecule has 5 nitrogen and oxygen atoms in total. The van der Waals surface area contributed by atoms with Gasteiger partial charge in [-0.3, -0.25) is 4.72 Å². The standard InChI is InChI=1S/C10H12BrFN2O3S/c1-14(2)18(16,17)13-10-5-7(8(11)6-15)3-4-9(10)12/h3-6,8,13H,1-2H3. The van der Waals surface area contributed by atoms with Crippen molar-refractivity contribution in [2.75, 3.05) is 18.8 Å². The molecule has 0 saturated heterocycles. The van der Waals surface area contributed by atoms with Crippen molar-refractivity contribution in [1.82, 2.24) is 4.31 Å². The molecule has 1 atom stereocenters. The van der Waals surface area contributed by atoms with Gasteiger partial charge in [0.05, 0.1) is 10.5 Å². The van der Waals surface area contributed by atoms with Crippen LogP contribution in [0, 0.1) is 5.82 Å². The Balaban J connectivity index is 3.13. The Kier molecular flexibility index (Phi) is 4.83. The van der Waals surface area contributed by atoms with E-state index in [1.807, 2.05) is 0 Å². The van der Waals surface area contributed by atoms with E-state index in [4.69, 9.17) is 0 Å². The van der Waals surface area contributed by atoms with Crippen LogP contribution in [0.5, 0.6) is 0 Å². The molecule has 0 aliphatic carbocycles. The molecule has 100 valence electrons. The van der Waals surface area contributed by atoms with Gasteiger partial charge < -0.3 is 4.79 Å². The van der Waals surface area contributed by atoms with Crippen LogP contribution >= 0.6 is 15.9 Å². The van der Waals surface area contributed by atoms with Crippen LogP contribution in [0.4, 0.5) is 10.1 Å². The molecule has 0 saturated carbocycles. The van der Waals surface area contributed by atoms with E-state index in [1.54, 1.807) is 0 Å². The molecule has 1 aromatic rings. The molecular formula is C10H12BrFN2O3S. The first-order valence-corrected chi connectivity index (χ1v) is 7.22. The maximum absolute atomic E-state index is 13.5. The summed E-state index contributed by atoms with van der Waals surface area (Å²) in [7, 11) is -1.14. The Hall–Kier alpha value is -0.990. The second-order valence-electron chi connectivity index (χ2n) is 3.67. The fourth-order valence-electron chi connectivity index (χ4n) is 1.10. The van der Waals surface area contributed by atoms with E-state index in [1.165, 1.54) is 26.2 Å². The van der Waals surface area contributed by atoms with E-state index >= 15 is 0 Å². The highest BCUT2D eigenvalue weighted by Gasteiger charge is 2.17. The summed E-state index contributed by atoms with van der Waals surface area (Å²) >= 11 is 3.07. The lowest BCUT2D eigenvalue weighted by Crippen LogP contribution is -2.29. The molecule has 1 N–H and O–H groups in total. The summed E-state index contributed by atoms with van der Waals surface area (Å²) in [6.07, 6.45) is 0.622. The van der Waals surface area contributed by atoms with Crippen molar-refractivity contribution in [1.29, 1.82) is 0 Å². The third-order valence-corrected chi connectivity index (χ3v) is 4.33. The van der Waals surface area contributed by atoms with E-state index in [2.05, 4.69) is 20.7 Å². The number of benzene rings is 1. The number of aldehydes is 1. The first kappa shape index (κ1) is 15.1. The van der Waals surface area contributed by atoms with Crippen LogP contribution in [0.25, 0.3) is 0 Å². The minimum Gasteiger partial charge on any atom is -0.302 e. The molecule has 0 fully saturated rings. The summed E-state index contributed by atoms with van der Waals surface area (Å²) in [6.45, 7) is 0. The highest BCUT2D eigenvalue weighted by molar-refractivity contribution is 9.09. The van der Waals surface area contributed by atoms with Crippen LogP contribution in [0.1, 0.15) is 10.4 Å². The van der Waals surface area contributed by atoms with E-state index < -0.39 is 20.9 Å². The van der Waals surface area contributed by atoms with Gasteiger partial charge in [-0.1, -0.05) is 22.0 Å². The maximum atomic E-state index is 13.5. The molecule has 0 bridgehead atoms. The van der Waals surface area contributed by atoms with Crippen molar-refractivity contribution >= 4 is 38.1 Å². The fraction of sp³-hybridized carbons (Fsp3) is 0.300. The predicted octanol–water partition coefficient (Wildman–Crippen LogP) is 1.68. The first-order chi connectivity index (χ1) is 8.27. The van der Waals surface area contributed by atoms with Crippen molar-refractivity contribution in [3.05, 3.63) is 29.6 Å². The molecule has 8 heteroatoms. The molecule has 0 amide bonds. The fourth-order valence-corrected chi connectivity index (χ4v) is 2.00. The molecule has 0 heterocycles. The Labute approximate surface area is 113 Å². The molecule has 0 aliphatic heterocycles. The zero-order chi connectivity index (χ0) is 13.9. The Morgan fingerprint density at radius 2 is 2.06 bits per heavy atom. The lowest BCUT2D eigenvalue weighted by Gasteiger charge is -2.15. The molecule has 18 heavy (non-hydrogen) atoms. The number of alkyl halides is 1. The van der Waals surface area contributed by atoms with Crippen LogP contribution in [0.3, 0.4) is 0 Å². The van der Waals surface area contributed by atoms with Crippen LogP contribution < -0.4 is 4.72 Å². The first-order valence-electron chi connectivity index (χ1n) is 4.87. The summed E-state index contributed by atoms with van der Waals surface area (Å²) in [5, 5.41) is 0. The highest BCUT2D eigenvalue weighted by atomic mass is 79.9. The zero-order valence-electron chi connectivity index (χ0n) is 9.72. The van der Waals surface area contributed by atoms with Crippen LogP contribution in [-0.4, -0.2) is 33.1 Å². The van der Waals surface area contributed by atoms with E-state index in [9.17, 15) is 17.6 Å². The highest BCUT2D eigenvalue weighted by Crippen LogP contribution is 2.25. The van der Waals surface area contributed by atoms with Gasteiger partial charge in [0.25, 0.3) is 0 Å². The number of nitrogens with zero attached hydrogens (tertiary/aromatic N) is 1. The van der Waals surface area contributed by atoms with Crippen molar-refractivity contribution < 1.29 is 17.6 Å². The van der Waals surface area contributed by atoms with E-state index in [0.717, 1.165) is 10.4 Å². The van der Waals surface area contributed by atoms with Gasteiger partial charge in [-0.05, 0) is 17.7 Å². The number of hydrogen-bond acceptors (Lipinski definition) is 3. The van der Waals surface area contributed by atoms with Gasteiger partial charge >= 0.3 is 10.2 Å². The number of rotatable bonds is 5. The van der Waals surface area contributed by atoms with Gasteiger partial charge in [0, 0.05) is 14.1 Å². The van der Waals surface area contributed by atoms with Gasteiger partial charge in [-0.15, -0.1) is 0 Å². The number of carbonyl (C=O) groups excluding carboxylic acids is 1. The normalized spacial score (nSPS) is 13.4. The van der Waals surface area contributed by atoms with E-state index in [0.29, 0.717) is 11.8 Å². The molecule has 1 rings (SSSR count). The predicted molar refractivity (Wildman–Crippen MR) is 70.4 cm³/mol. The maximum Gasteiger partial charge on any atom is 0.301 e. The monoisotopic (exact) mass is 338 g/mol. The molecule has 0 aromatic heterocycles. The third kappa shape index (κ3) is 3.50. The topological polar surface area (TPSA) is 66.5 Å². The quantitative estimate of drug-likeness (QED) is 0.656. The van der Waals surface area contributed by atoms with Gasteiger partial charge in [0.15, 0.2) is 0 Å². The molecule has 0 aliphatic rings. The van der Waals surface area contributed by atoms with Crippen molar-refractivity contribution in [2.24, 2.45) is 0 Å². The number of halogens is 2. The van der Waals surface area contributed by atoms with Crippen LogP contribution in [0.2, 0.25) is 0 Å². The summed E-state index contributed by atoms with van der Waals surface area (Å²) in [4.78, 5) is 10.00. The summed E-state index contributed by atoms with van der Waals surface area (Å²) in [5.74, 6) is -0.713. The summed E-state index contributed by atoms with van der Waals surface area (Å²) in [5.41, 5.74) is 0.260. The lowest BCUT2D eigenvalue weighted by atomic mass is 10.1.